The fraction of sp³-hybridized carbons (Fsp3) is 0.438. The maximum atomic E-state index is 12.5. The van der Waals surface area contributed by atoms with Crippen molar-refractivity contribution in [3.8, 4) is 6.01 Å². The molecule has 0 N–H and O–H groups in total. The largest absolute Gasteiger partial charge is 0.462 e. The number of likely N-dealkylation sites (N-methyl/N-ethyl adjacent to an activating group) is 1. The van der Waals surface area contributed by atoms with Crippen LogP contribution in [0.3, 0.4) is 0 Å². The molecule has 41 heavy (non-hydrogen) atoms. The summed E-state index contributed by atoms with van der Waals surface area (Å²) in [6.45, 7) is 16.3. The van der Waals surface area contributed by atoms with Crippen molar-refractivity contribution in [3.63, 3.8) is 0 Å². The molecule has 0 bridgehead atoms. The molecule has 2 fully saturated rings. The van der Waals surface area contributed by atoms with Crippen molar-refractivity contribution in [1.29, 1.82) is 0 Å². The molecule has 4 heterocycles. The zero-order valence-electron chi connectivity index (χ0n) is 23.7. The van der Waals surface area contributed by atoms with Crippen LogP contribution in [0.25, 0.3) is 15.6 Å². The van der Waals surface area contributed by atoms with Gasteiger partial charge in [-0.05, 0) is 50.4 Å². The molecule has 9 heteroatoms. The van der Waals surface area contributed by atoms with Crippen LogP contribution in [0.2, 0.25) is 0 Å². The van der Waals surface area contributed by atoms with E-state index in [0.717, 1.165) is 43.0 Å². The lowest BCUT2D eigenvalue weighted by atomic mass is 10.0. The first-order chi connectivity index (χ1) is 20.1. The molecule has 0 radical (unpaired) electrons. The van der Waals surface area contributed by atoms with Gasteiger partial charge in [0.25, 0.3) is 0 Å². The molecule has 2 atom stereocenters. The third-order valence-corrected chi connectivity index (χ3v) is 8.75. The van der Waals surface area contributed by atoms with Crippen LogP contribution in [0, 0.1) is 6.57 Å². The Labute approximate surface area is 241 Å². The minimum Gasteiger partial charge on any atom is -0.462 e. The quantitative estimate of drug-likeness (QED) is 0.327. The third kappa shape index (κ3) is 5.44. The highest BCUT2D eigenvalue weighted by Crippen LogP contribution is 2.35. The van der Waals surface area contributed by atoms with Crippen LogP contribution in [-0.4, -0.2) is 90.7 Å². The number of nitrogens with zero attached hydrogens (tertiary/aromatic N) is 7. The second-order valence-electron chi connectivity index (χ2n) is 11.2. The van der Waals surface area contributed by atoms with E-state index in [0.29, 0.717) is 44.8 Å². The fourth-order valence-corrected chi connectivity index (χ4v) is 6.48. The molecule has 3 aliphatic rings. The number of piperazine rings is 1. The number of ether oxygens (including phenoxy) is 1. The summed E-state index contributed by atoms with van der Waals surface area (Å²) in [7, 11) is 2.14. The van der Waals surface area contributed by atoms with E-state index in [-0.39, 0.29) is 18.5 Å². The lowest BCUT2D eigenvalue weighted by Gasteiger charge is -2.41. The van der Waals surface area contributed by atoms with Crippen molar-refractivity contribution >= 4 is 28.2 Å². The summed E-state index contributed by atoms with van der Waals surface area (Å²) in [6, 6.07) is 15.5. The number of aromatic nitrogens is 2. The monoisotopic (exact) mass is 551 g/mol. The standard InChI is InChI=1S/C32H37N7O2/c1-4-30(40)39-18-17-38(20-25(39)19-33-2)31-27-14-16-37(29-13-7-10-23-9-5-6-12-26(23)29)21-28(27)34-32(35-31)41-22-24-11-8-15-36(24)3/h4-7,9-10,12-13,24-25H,1,8,11,14-22H2,3H3/t24-,25+/m1/s1. The lowest BCUT2D eigenvalue weighted by Crippen LogP contribution is -2.56. The van der Waals surface area contributed by atoms with Crippen molar-refractivity contribution in [3.05, 3.63) is 77.8 Å². The number of benzene rings is 2. The molecule has 9 nitrogen and oxygen atoms in total. The van der Waals surface area contributed by atoms with Crippen molar-refractivity contribution in [1.82, 2.24) is 19.8 Å². The first-order valence-corrected chi connectivity index (χ1v) is 14.5. The van der Waals surface area contributed by atoms with Crippen LogP contribution < -0.4 is 14.5 Å². The van der Waals surface area contributed by atoms with Gasteiger partial charge in [-0.2, -0.15) is 9.97 Å². The van der Waals surface area contributed by atoms with Gasteiger partial charge < -0.3 is 29.2 Å². The van der Waals surface area contributed by atoms with Gasteiger partial charge in [0.15, 0.2) is 0 Å². The molecule has 0 unspecified atom stereocenters. The van der Waals surface area contributed by atoms with E-state index in [9.17, 15) is 4.79 Å². The number of carbonyl (C=O) groups is 1. The second-order valence-corrected chi connectivity index (χ2v) is 11.2. The average Bonchev–Trinajstić information content (AvgIpc) is 3.43. The van der Waals surface area contributed by atoms with E-state index in [2.05, 4.69) is 75.6 Å². The smallest absolute Gasteiger partial charge is 0.318 e. The third-order valence-electron chi connectivity index (χ3n) is 8.75. The molecular weight excluding hydrogens is 514 g/mol. The average molecular weight is 552 g/mol. The molecule has 2 aromatic carbocycles. The Kier molecular flexibility index (Phi) is 7.75. The van der Waals surface area contributed by atoms with E-state index >= 15 is 0 Å². The van der Waals surface area contributed by atoms with Crippen LogP contribution >= 0.6 is 0 Å². The molecule has 3 aromatic rings. The predicted octanol–water partition coefficient (Wildman–Crippen LogP) is 3.79. The summed E-state index contributed by atoms with van der Waals surface area (Å²) in [5, 5.41) is 2.46. The molecule has 3 aliphatic heterocycles. The van der Waals surface area contributed by atoms with Crippen LogP contribution in [0.1, 0.15) is 24.1 Å². The van der Waals surface area contributed by atoms with Gasteiger partial charge in [0.1, 0.15) is 18.5 Å². The number of hydrogen-bond donors (Lipinski definition) is 0. The van der Waals surface area contributed by atoms with E-state index in [1.165, 1.54) is 29.0 Å². The molecule has 212 valence electrons. The minimum atomic E-state index is -0.218. The molecule has 2 saturated heterocycles. The Hall–Kier alpha value is -4.16. The Bertz CT molecular complexity index is 1480. The fourth-order valence-electron chi connectivity index (χ4n) is 6.48. The van der Waals surface area contributed by atoms with Gasteiger partial charge in [0, 0.05) is 48.9 Å². The van der Waals surface area contributed by atoms with Gasteiger partial charge in [0.05, 0.1) is 12.2 Å². The van der Waals surface area contributed by atoms with Crippen molar-refractivity contribution < 1.29 is 9.53 Å². The van der Waals surface area contributed by atoms with Crippen LogP contribution in [-0.2, 0) is 17.8 Å². The van der Waals surface area contributed by atoms with Gasteiger partial charge in [0.2, 0.25) is 12.5 Å². The van der Waals surface area contributed by atoms with E-state index < -0.39 is 0 Å². The van der Waals surface area contributed by atoms with Crippen LogP contribution in [0.4, 0.5) is 11.5 Å². The summed E-state index contributed by atoms with van der Waals surface area (Å²) in [5.41, 5.74) is 3.32. The van der Waals surface area contributed by atoms with Crippen LogP contribution in [0.15, 0.2) is 55.1 Å². The Morgan fingerprint density at radius 1 is 1.10 bits per heavy atom. The predicted molar refractivity (Wildman–Crippen MR) is 161 cm³/mol. The van der Waals surface area contributed by atoms with Crippen molar-refractivity contribution in [2.75, 3.05) is 62.7 Å². The van der Waals surface area contributed by atoms with Crippen molar-refractivity contribution in [2.45, 2.75) is 37.9 Å². The zero-order chi connectivity index (χ0) is 28.3. The topological polar surface area (TPSA) is 69.4 Å². The molecule has 0 spiro atoms. The SMILES string of the molecule is [C-]#[N+]C[C@H]1CN(c2nc(OC[C@H]3CCCN3C)nc3c2CCN(c2cccc4ccccc24)C3)CCN1C(=O)C=C. The number of amides is 1. The molecule has 0 saturated carbocycles. The highest BCUT2D eigenvalue weighted by molar-refractivity contribution is 5.94. The normalized spacial score (nSPS) is 21.0. The van der Waals surface area contributed by atoms with Gasteiger partial charge in [-0.15, -0.1) is 0 Å². The Balaban J connectivity index is 1.33. The number of carbonyl (C=O) groups excluding carboxylic acids is 1. The summed E-state index contributed by atoms with van der Waals surface area (Å²) < 4.78 is 6.28. The van der Waals surface area contributed by atoms with Crippen molar-refractivity contribution in [2.24, 2.45) is 0 Å². The first kappa shape index (κ1) is 27.0. The molecule has 6 rings (SSSR count). The number of likely N-dealkylation sites (tertiary alicyclic amines) is 1. The maximum absolute atomic E-state index is 12.5. The Morgan fingerprint density at radius 3 is 2.76 bits per heavy atom. The highest BCUT2D eigenvalue weighted by Gasteiger charge is 2.35. The first-order valence-electron chi connectivity index (χ1n) is 14.5. The van der Waals surface area contributed by atoms with Gasteiger partial charge in [-0.25, -0.2) is 6.57 Å². The molecule has 0 aliphatic carbocycles. The lowest BCUT2D eigenvalue weighted by molar-refractivity contribution is -0.128. The number of hydrogen-bond acceptors (Lipinski definition) is 7. The molecular formula is C32H37N7O2. The van der Waals surface area contributed by atoms with Gasteiger partial charge in [-0.1, -0.05) is 43.0 Å². The molecule has 1 amide bonds. The number of fused-ring (bicyclic) bond motifs is 2. The summed E-state index contributed by atoms with van der Waals surface area (Å²) >= 11 is 0. The second kappa shape index (κ2) is 11.8. The molecule has 1 aromatic heterocycles. The van der Waals surface area contributed by atoms with Gasteiger partial charge in [-0.3, -0.25) is 4.79 Å². The van der Waals surface area contributed by atoms with Crippen LogP contribution in [0.5, 0.6) is 6.01 Å². The van der Waals surface area contributed by atoms with E-state index in [1.54, 1.807) is 4.90 Å². The maximum Gasteiger partial charge on any atom is 0.318 e. The zero-order valence-corrected chi connectivity index (χ0v) is 23.7. The number of rotatable bonds is 7. The van der Waals surface area contributed by atoms with E-state index in [1.807, 2.05) is 0 Å². The van der Waals surface area contributed by atoms with E-state index in [4.69, 9.17) is 21.3 Å². The minimum absolute atomic E-state index is 0.126. The highest BCUT2D eigenvalue weighted by atomic mass is 16.5. The summed E-state index contributed by atoms with van der Waals surface area (Å²) in [4.78, 5) is 34.8. The summed E-state index contributed by atoms with van der Waals surface area (Å²) in [5.74, 6) is 0.751. The van der Waals surface area contributed by atoms with Gasteiger partial charge >= 0.3 is 6.01 Å². The summed E-state index contributed by atoms with van der Waals surface area (Å²) in [6.07, 6.45) is 4.43. The number of anilines is 2. The Morgan fingerprint density at radius 2 is 1.95 bits per heavy atom.